The molecule has 3 aromatic rings. The van der Waals surface area contributed by atoms with Crippen LogP contribution in [-0.2, 0) is 6.54 Å². The number of rotatable bonds is 2. The van der Waals surface area contributed by atoms with Crippen molar-refractivity contribution < 1.29 is 4.39 Å². The van der Waals surface area contributed by atoms with E-state index in [-0.39, 0.29) is 5.82 Å². The van der Waals surface area contributed by atoms with Crippen molar-refractivity contribution in [3.8, 4) is 11.4 Å². The standard InChI is InChI=1S/C13H11FN4/c14-11-3-1-2-10(6-11)13-17-16-12-5-4-9(7-15)8-18(12)13/h1-6,8H,7,15H2. The number of nitrogens with zero attached hydrogens (tertiary/aromatic N) is 3. The second kappa shape index (κ2) is 4.19. The Hall–Kier alpha value is -2.27. The molecule has 0 bridgehead atoms. The lowest BCUT2D eigenvalue weighted by Gasteiger charge is -2.02. The van der Waals surface area contributed by atoms with E-state index >= 15 is 0 Å². The summed E-state index contributed by atoms with van der Waals surface area (Å²) in [5, 5.41) is 8.14. The summed E-state index contributed by atoms with van der Waals surface area (Å²) in [7, 11) is 0. The van der Waals surface area contributed by atoms with Crippen LogP contribution in [0.1, 0.15) is 5.56 Å². The molecule has 0 saturated carbocycles. The van der Waals surface area contributed by atoms with E-state index in [0.29, 0.717) is 23.6 Å². The molecule has 5 heteroatoms. The smallest absolute Gasteiger partial charge is 0.168 e. The number of hydrogen-bond acceptors (Lipinski definition) is 3. The molecule has 2 N–H and O–H groups in total. The molecule has 0 aliphatic carbocycles. The molecular weight excluding hydrogens is 231 g/mol. The molecule has 0 unspecified atom stereocenters. The number of halogens is 1. The van der Waals surface area contributed by atoms with Crippen LogP contribution in [0.5, 0.6) is 0 Å². The van der Waals surface area contributed by atoms with Gasteiger partial charge in [-0.05, 0) is 23.8 Å². The van der Waals surface area contributed by atoms with Gasteiger partial charge in [0.2, 0.25) is 0 Å². The van der Waals surface area contributed by atoms with E-state index in [0.717, 1.165) is 5.56 Å². The number of fused-ring (bicyclic) bond motifs is 1. The van der Waals surface area contributed by atoms with Crippen LogP contribution in [0, 0.1) is 5.82 Å². The first kappa shape index (κ1) is 10.9. The van der Waals surface area contributed by atoms with Gasteiger partial charge in [0.25, 0.3) is 0 Å². The van der Waals surface area contributed by atoms with Crippen LogP contribution < -0.4 is 5.73 Å². The minimum Gasteiger partial charge on any atom is -0.326 e. The number of aromatic nitrogens is 3. The van der Waals surface area contributed by atoms with Gasteiger partial charge in [-0.3, -0.25) is 4.40 Å². The van der Waals surface area contributed by atoms with Gasteiger partial charge in [0, 0.05) is 18.3 Å². The summed E-state index contributed by atoms with van der Waals surface area (Å²) in [4.78, 5) is 0. The molecule has 0 radical (unpaired) electrons. The van der Waals surface area contributed by atoms with Crippen LogP contribution in [0.4, 0.5) is 4.39 Å². The number of nitrogens with two attached hydrogens (primary N) is 1. The summed E-state index contributed by atoms with van der Waals surface area (Å²) in [5.41, 5.74) is 7.99. The maximum atomic E-state index is 13.2. The SMILES string of the molecule is NCc1ccc2nnc(-c3cccc(F)c3)n2c1. The van der Waals surface area contributed by atoms with Crippen molar-refractivity contribution in [1.82, 2.24) is 14.6 Å². The van der Waals surface area contributed by atoms with E-state index in [1.165, 1.54) is 12.1 Å². The lowest BCUT2D eigenvalue weighted by molar-refractivity contribution is 0.628. The lowest BCUT2D eigenvalue weighted by Crippen LogP contribution is -1.99. The van der Waals surface area contributed by atoms with Gasteiger partial charge in [-0.2, -0.15) is 0 Å². The Morgan fingerprint density at radius 1 is 1.17 bits per heavy atom. The monoisotopic (exact) mass is 242 g/mol. The summed E-state index contributed by atoms with van der Waals surface area (Å²) < 4.78 is 15.0. The average Bonchev–Trinajstić information content (AvgIpc) is 2.81. The summed E-state index contributed by atoms with van der Waals surface area (Å²) in [6.45, 7) is 0.441. The van der Waals surface area contributed by atoms with Crippen LogP contribution in [0.25, 0.3) is 17.0 Å². The van der Waals surface area contributed by atoms with Crippen LogP contribution in [0.3, 0.4) is 0 Å². The van der Waals surface area contributed by atoms with Crippen LogP contribution in [-0.4, -0.2) is 14.6 Å². The van der Waals surface area contributed by atoms with Gasteiger partial charge in [-0.1, -0.05) is 18.2 Å². The molecule has 90 valence electrons. The molecule has 0 aliphatic heterocycles. The van der Waals surface area contributed by atoms with Crippen LogP contribution in [0.15, 0.2) is 42.6 Å². The lowest BCUT2D eigenvalue weighted by atomic mass is 10.2. The normalized spacial score (nSPS) is 11.0. The van der Waals surface area contributed by atoms with Gasteiger partial charge < -0.3 is 5.73 Å². The Balaban J connectivity index is 2.22. The quantitative estimate of drug-likeness (QED) is 0.747. The third-order valence-corrected chi connectivity index (χ3v) is 2.78. The minimum absolute atomic E-state index is 0.292. The highest BCUT2D eigenvalue weighted by atomic mass is 19.1. The van der Waals surface area contributed by atoms with Crippen molar-refractivity contribution in [2.45, 2.75) is 6.54 Å². The highest BCUT2D eigenvalue weighted by molar-refractivity contribution is 5.59. The Morgan fingerprint density at radius 3 is 2.83 bits per heavy atom. The first-order chi connectivity index (χ1) is 8.78. The Kier molecular flexibility index (Phi) is 2.53. The molecule has 1 aromatic carbocycles. The van der Waals surface area contributed by atoms with Gasteiger partial charge >= 0.3 is 0 Å². The molecule has 3 rings (SSSR count). The zero-order chi connectivity index (χ0) is 12.5. The molecule has 2 aromatic heterocycles. The van der Waals surface area contributed by atoms with Gasteiger partial charge in [-0.15, -0.1) is 10.2 Å². The molecular formula is C13H11FN4. The molecule has 0 aliphatic rings. The van der Waals surface area contributed by atoms with Crippen molar-refractivity contribution in [1.29, 1.82) is 0 Å². The highest BCUT2D eigenvalue weighted by Crippen LogP contribution is 2.19. The summed E-state index contributed by atoms with van der Waals surface area (Å²) in [6, 6.07) is 10.0. The van der Waals surface area contributed by atoms with Crippen molar-refractivity contribution >= 4 is 5.65 Å². The average molecular weight is 242 g/mol. The minimum atomic E-state index is -0.292. The predicted molar refractivity (Wildman–Crippen MR) is 66.3 cm³/mol. The summed E-state index contributed by atoms with van der Waals surface area (Å²) in [6.07, 6.45) is 1.87. The Labute approximate surface area is 103 Å². The first-order valence-electron chi connectivity index (χ1n) is 5.57. The van der Waals surface area contributed by atoms with Gasteiger partial charge in [0.15, 0.2) is 11.5 Å². The number of benzene rings is 1. The van der Waals surface area contributed by atoms with E-state index in [1.54, 1.807) is 12.1 Å². The molecule has 0 saturated heterocycles. The zero-order valence-corrected chi connectivity index (χ0v) is 9.55. The van der Waals surface area contributed by atoms with Gasteiger partial charge in [0.1, 0.15) is 5.82 Å². The van der Waals surface area contributed by atoms with Crippen LogP contribution >= 0.6 is 0 Å². The maximum Gasteiger partial charge on any atom is 0.168 e. The van der Waals surface area contributed by atoms with E-state index in [4.69, 9.17) is 5.73 Å². The maximum absolute atomic E-state index is 13.2. The Bertz CT molecular complexity index is 705. The van der Waals surface area contributed by atoms with Gasteiger partial charge in [0.05, 0.1) is 0 Å². The topological polar surface area (TPSA) is 56.2 Å². The van der Waals surface area contributed by atoms with E-state index < -0.39 is 0 Å². The van der Waals surface area contributed by atoms with Crippen molar-refractivity contribution in [2.75, 3.05) is 0 Å². The molecule has 18 heavy (non-hydrogen) atoms. The molecule has 2 heterocycles. The third-order valence-electron chi connectivity index (χ3n) is 2.78. The molecule has 4 nitrogen and oxygen atoms in total. The first-order valence-corrected chi connectivity index (χ1v) is 5.57. The zero-order valence-electron chi connectivity index (χ0n) is 9.55. The van der Waals surface area contributed by atoms with Crippen molar-refractivity contribution in [3.63, 3.8) is 0 Å². The highest BCUT2D eigenvalue weighted by Gasteiger charge is 2.08. The van der Waals surface area contributed by atoms with Crippen molar-refractivity contribution in [3.05, 3.63) is 54.0 Å². The second-order valence-corrected chi connectivity index (χ2v) is 4.00. The number of pyridine rings is 1. The molecule has 0 spiro atoms. The van der Waals surface area contributed by atoms with Crippen LogP contribution in [0.2, 0.25) is 0 Å². The predicted octanol–water partition coefficient (Wildman–Crippen LogP) is 1.99. The van der Waals surface area contributed by atoms with E-state index in [2.05, 4.69) is 10.2 Å². The van der Waals surface area contributed by atoms with Crippen molar-refractivity contribution in [2.24, 2.45) is 5.73 Å². The Morgan fingerprint density at radius 2 is 2.06 bits per heavy atom. The fourth-order valence-corrected chi connectivity index (χ4v) is 1.88. The third kappa shape index (κ3) is 1.74. The fraction of sp³-hybridized carbons (Fsp3) is 0.0769. The van der Waals surface area contributed by atoms with E-state index in [1.807, 2.05) is 22.7 Å². The molecule has 0 fully saturated rings. The van der Waals surface area contributed by atoms with E-state index in [9.17, 15) is 4.39 Å². The molecule has 0 atom stereocenters. The van der Waals surface area contributed by atoms with Gasteiger partial charge in [-0.25, -0.2) is 4.39 Å². The fourth-order valence-electron chi connectivity index (χ4n) is 1.88. The molecule has 0 amide bonds. The summed E-state index contributed by atoms with van der Waals surface area (Å²) >= 11 is 0. The summed E-state index contributed by atoms with van der Waals surface area (Å²) in [5.74, 6) is 0.319. The largest absolute Gasteiger partial charge is 0.326 e. The number of hydrogen-bond donors (Lipinski definition) is 1. The second-order valence-electron chi connectivity index (χ2n) is 4.00.